The summed E-state index contributed by atoms with van der Waals surface area (Å²) in [4.78, 5) is 14.6. The lowest BCUT2D eigenvalue weighted by atomic mass is 9.80. The van der Waals surface area contributed by atoms with Crippen molar-refractivity contribution in [3.63, 3.8) is 0 Å². The van der Waals surface area contributed by atoms with E-state index in [0.29, 0.717) is 32.5 Å². The number of amides is 1. The minimum absolute atomic E-state index is 0.0400. The third-order valence-electron chi connectivity index (χ3n) is 3.72. The molecule has 0 aromatic carbocycles. The molecule has 0 aromatic rings. The number of ether oxygens (including phenoxy) is 1. The Bertz CT molecular complexity index is 318. The largest absolute Gasteiger partial charge is 0.394 e. The average Bonchev–Trinajstić information content (AvgIpc) is 2.40. The standard InChI is InChI=1S/C12H22N2O3S/c1-3-12(4-2,10(13)18)11(16)14-5-6-17-9(7-14)8-15/h9,15H,3-8H2,1-2H3,(H2,13,18). The van der Waals surface area contributed by atoms with Gasteiger partial charge in [0.1, 0.15) is 0 Å². The Morgan fingerprint density at radius 3 is 2.61 bits per heavy atom. The molecule has 1 fully saturated rings. The fraction of sp³-hybridized carbons (Fsp3) is 0.833. The van der Waals surface area contributed by atoms with Gasteiger partial charge in [0.15, 0.2) is 0 Å². The molecule has 1 rings (SSSR count). The van der Waals surface area contributed by atoms with Crippen LogP contribution in [0.2, 0.25) is 0 Å². The van der Waals surface area contributed by atoms with Gasteiger partial charge in [0, 0.05) is 13.1 Å². The molecular formula is C12H22N2O3S. The zero-order chi connectivity index (χ0) is 13.8. The maximum absolute atomic E-state index is 12.6. The third kappa shape index (κ3) is 2.81. The Kier molecular flexibility index (Phi) is 5.49. The van der Waals surface area contributed by atoms with Gasteiger partial charge in [0.25, 0.3) is 0 Å². The molecule has 1 atom stereocenters. The average molecular weight is 274 g/mol. The number of aliphatic hydroxyl groups excluding tert-OH is 1. The fourth-order valence-corrected chi connectivity index (χ4v) is 2.70. The van der Waals surface area contributed by atoms with Crippen LogP contribution >= 0.6 is 12.2 Å². The molecule has 18 heavy (non-hydrogen) atoms. The highest BCUT2D eigenvalue weighted by Gasteiger charge is 2.42. The van der Waals surface area contributed by atoms with Gasteiger partial charge < -0.3 is 20.5 Å². The summed E-state index contributed by atoms with van der Waals surface area (Å²) < 4.78 is 5.34. The molecular weight excluding hydrogens is 252 g/mol. The highest BCUT2D eigenvalue weighted by Crippen LogP contribution is 2.30. The molecule has 1 heterocycles. The molecule has 0 bridgehead atoms. The van der Waals surface area contributed by atoms with E-state index in [4.69, 9.17) is 27.8 Å². The molecule has 0 saturated carbocycles. The second kappa shape index (κ2) is 6.45. The fourth-order valence-electron chi connectivity index (χ4n) is 2.32. The quantitative estimate of drug-likeness (QED) is 0.705. The van der Waals surface area contributed by atoms with Crippen molar-refractivity contribution in [2.45, 2.75) is 32.8 Å². The monoisotopic (exact) mass is 274 g/mol. The Hall–Kier alpha value is -0.720. The highest BCUT2D eigenvalue weighted by atomic mass is 32.1. The van der Waals surface area contributed by atoms with Crippen LogP contribution in [0, 0.1) is 5.41 Å². The Labute approximate surface area is 113 Å². The second-order valence-corrected chi connectivity index (χ2v) is 5.02. The summed E-state index contributed by atoms with van der Waals surface area (Å²) in [5, 5.41) is 9.10. The van der Waals surface area contributed by atoms with E-state index in [2.05, 4.69) is 0 Å². The van der Waals surface area contributed by atoms with Gasteiger partial charge in [-0.05, 0) is 12.8 Å². The molecule has 1 aliphatic rings. The topological polar surface area (TPSA) is 75.8 Å². The number of carbonyl (C=O) groups excluding carboxylic acids is 1. The van der Waals surface area contributed by atoms with Gasteiger partial charge in [-0.1, -0.05) is 26.1 Å². The van der Waals surface area contributed by atoms with Crippen molar-refractivity contribution in [1.82, 2.24) is 4.90 Å². The summed E-state index contributed by atoms with van der Waals surface area (Å²) in [6.45, 7) is 5.13. The molecule has 104 valence electrons. The third-order valence-corrected chi connectivity index (χ3v) is 4.11. The maximum Gasteiger partial charge on any atom is 0.235 e. The van der Waals surface area contributed by atoms with Gasteiger partial charge >= 0.3 is 0 Å². The molecule has 1 amide bonds. The first-order valence-corrected chi connectivity index (χ1v) is 6.74. The number of rotatable bonds is 5. The molecule has 3 N–H and O–H groups in total. The van der Waals surface area contributed by atoms with Crippen molar-refractivity contribution >= 4 is 23.1 Å². The number of morpholine rings is 1. The van der Waals surface area contributed by atoms with Crippen LogP contribution in [0.25, 0.3) is 0 Å². The Balaban J connectivity index is 2.86. The molecule has 0 aliphatic carbocycles. The van der Waals surface area contributed by atoms with Crippen molar-refractivity contribution < 1.29 is 14.6 Å². The SMILES string of the molecule is CCC(CC)(C(=O)N1CCOC(CO)C1)C(N)=S. The first-order chi connectivity index (χ1) is 8.51. The van der Waals surface area contributed by atoms with E-state index >= 15 is 0 Å². The summed E-state index contributed by atoms with van der Waals surface area (Å²) in [7, 11) is 0. The van der Waals surface area contributed by atoms with Crippen LogP contribution in [0.3, 0.4) is 0 Å². The molecule has 6 heteroatoms. The highest BCUT2D eigenvalue weighted by molar-refractivity contribution is 7.80. The van der Waals surface area contributed by atoms with Crippen LogP contribution in [0.1, 0.15) is 26.7 Å². The number of hydrogen-bond acceptors (Lipinski definition) is 4. The van der Waals surface area contributed by atoms with Crippen molar-refractivity contribution in [1.29, 1.82) is 0 Å². The Morgan fingerprint density at radius 2 is 2.17 bits per heavy atom. The minimum atomic E-state index is -0.757. The van der Waals surface area contributed by atoms with Crippen LogP contribution in [-0.2, 0) is 9.53 Å². The number of thiocarbonyl (C=S) groups is 1. The van der Waals surface area contributed by atoms with Gasteiger partial charge in [0.05, 0.1) is 29.7 Å². The number of hydrogen-bond donors (Lipinski definition) is 2. The number of nitrogens with two attached hydrogens (primary N) is 1. The molecule has 0 radical (unpaired) electrons. The van der Waals surface area contributed by atoms with E-state index in [-0.39, 0.29) is 23.6 Å². The van der Waals surface area contributed by atoms with Gasteiger partial charge in [-0.15, -0.1) is 0 Å². The predicted molar refractivity (Wildman–Crippen MR) is 73.2 cm³/mol. The second-order valence-electron chi connectivity index (χ2n) is 4.58. The van der Waals surface area contributed by atoms with Gasteiger partial charge in [0.2, 0.25) is 5.91 Å². The first kappa shape index (κ1) is 15.3. The van der Waals surface area contributed by atoms with Crippen LogP contribution in [0.15, 0.2) is 0 Å². The molecule has 5 nitrogen and oxygen atoms in total. The lowest BCUT2D eigenvalue weighted by Gasteiger charge is -2.39. The number of aliphatic hydroxyl groups is 1. The predicted octanol–water partition coefficient (Wildman–Crippen LogP) is 0.299. The van der Waals surface area contributed by atoms with E-state index in [1.54, 1.807) is 4.90 Å². The normalized spacial score (nSPS) is 20.8. The van der Waals surface area contributed by atoms with E-state index in [1.807, 2.05) is 13.8 Å². The van der Waals surface area contributed by atoms with E-state index in [1.165, 1.54) is 0 Å². The van der Waals surface area contributed by atoms with Crippen molar-refractivity contribution in [3.05, 3.63) is 0 Å². The van der Waals surface area contributed by atoms with E-state index in [0.717, 1.165) is 0 Å². The number of carbonyl (C=O) groups is 1. The van der Waals surface area contributed by atoms with E-state index < -0.39 is 5.41 Å². The molecule has 0 spiro atoms. The zero-order valence-corrected chi connectivity index (χ0v) is 11.8. The number of nitrogens with zero attached hydrogens (tertiary/aromatic N) is 1. The van der Waals surface area contributed by atoms with Crippen LogP contribution in [0.5, 0.6) is 0 Å². The summed E-state index contributed by atoms with van der Waals surface area (Å²) in [6, 6.07) is 0. The minimum Gasteiger partial charge on any atom is -0.394 e. The van der Waals surface area contributed by atoms with Gasteiger partial charge in [-0.3, -0.25) is 4.79 Å². The summed E-state index contributed by atoms with van der Waals surface area (Å²) in [5.74, 6) is -0.0400. The lowest BCUT2D eigenvalue weighted by molar-refractivity contribution is -0.147. The summed E-state index contributed by atoms with van der Waals surface area (Å²) >= 11 is 5.08. The maximum atomic E-state index is 12.6. The van der Waals surface area contributed by atoms with Crippen molar-refractivity contribution in [2.24, 2.45) is 11.1 Å². The first-order valence-electron chi connectivity index (χ1n) is 6.33. The van der Waals surface area contributed by atoms with Crippen molar-refractivity contribution in [3.8, 4) is 0 Å². The van der Waals surface area contributed by atoms with Crippen LogP contribution < -0.4 is 5.73 Å². The molecule has 0 aromatic heterocycles. The smallest absolute Gasteiger partial charge is 0.235 e. The van der Waals surface area contributed by atoms with Gasteiger partial charge in [-0.2, -0.15) is 0 Å². The molecule has 1 unspecified atom stereocenters. The zero-order valence-electron chi connectivity index (χ0n) is 11.0. The van der Waals surface area contributed by atoms with Gasteiger partial charge in [-0.25, -0.2) is 0 Å². The summed E-state index contributed by atoms with van der Waals surface area (Å²) in [6.07, 6.45) is 0.887. The molecule has 1 saturated heterocycles. The molecule has 1 aliphatic heterocycles. The summed E-state index contributed by atoms with van der Waals surface area (Å²) in [5.41, 5.74) is 5.01. The van der Waals surface area contributed by atoms with Crippen LogP contribution in [-0.4, -0.2) is 53.3 Å². The van der Waals surface area contributed by atoms with Crippen LogP contribution in [0.4, 0.5) is 0 Å². The van der Waals surface area contributed by atoms with E-state index in [9.17, 15) is 4.79 Å². The lowest BCUT2D eigenvalue weighted by Crippen LogP contribution is -2.55. The van der Waals surface area contributed by atoms with Crippen molar-refractivity contribution in [2.75, 3.05) is 26.3 Å². The Morgan fingerprint density at radius 1 is 1.56 bits per heavy atom.